The van der Waals surface area contributed by atoms with Crippen LogP contribution in [0.3, 0.4) is 0 Å². The number of hydrogen-bond acceptors (Lipinski definition) is 2. The quantitative estimate of drug-likeness (QED) is 0.762. The molecule has 0 aliphatic rings. The van der Waals surface area contributed by atoms with E-state index in [1.54, 1.807) is 6.92 Å². The second kappa shape index (κ2) is 6.20. The molecule has 0 saturated carbocycles. The minimum absolute atomic E-state index is 0.115. The van der Waals surface area contributed by atoms with Gasteiger partial charge in [-0.1, -0.05) is 29.8 Å². The summed E-state index contributed by atoms with van der Waals surface area (Å²) in [6, 6.07) is 5.81. The van der Waals surface area contributed by atoms with Crippen molar-refractivity contribution < 1.29 is 4.79 Å². The third kappa shape index (κ3) is 4.15. The highest BCUT2D eigenvalue weighted by Gasteiger charge is 2.11. The van der Waals surface area contributed by atoms with E-state index in [2.05, 4.69) is 34.7 Å². The second-order valence-electron chi connectivity index (χ2n) is 4.82. The lowest BCUT2D eigenvalue weighted by molar-refractivity contribution is 0.101. The van der Waals surface area contributed by atoms with E-state index in [1.807, 2.05) is 25.2 Å². The molecule has 0 radical (unpaired) electrons. The van der Waals surface area contributed by atoms with Gasteiger partial charge in [0.2, 0.25) is 0 Å². The SMILES string of the molecule is CC(=O)c1ccc(Br)cc1N(C)CCC(C)C. The molecule has 0 atom stereocenters. The minimum atomic E-state index is 0.115. The lowest BCUT2D eigenvalue weighted by Crippen LogP contribution is -2.22. The van der Waals surface area contributed by atoms with E-state index in [-0.39, 0.29) is 5.78 Å². The van der Waals surface area contributed by atoms with Gasteiger partial charge in [-0.05, 0) is 37.5 Å². The molecule has 0 spiro atoms. The number of hydrogen-bond donors (Lipinski definition) is 0. The Bertz CT molecular complexity index is 401. The Balaban J connectivity index is 2.94. The van der Waals surface area contributed by atoms with E-state index in [1.165, 1.54) is 0 Å². The summed E-state index contributed by atoms with van der Waals surface area (Å²) in [6.45, 7) is 7.00. The van der Waals surface area contributed by atoms with Gasteiger partial charge < -0.3 is 4.90 Å². The van der Waals surface area contributed by atoms with Crippen LogP contribution >= 0.6 is 15.9 Å². The fourth-order valence-electron chi connectivity index (χ4n) is 1.69. The molecule has 0 unspecified atom stereocenters. The van der Waals surface area contributed by atoms with E-state index in [0.29, 0.717) is 5.92 Å². The van der Waals surface area contributed by atoms with E-state index < -0.39 is 0 Å². The van der Waals surface area contributed by atoms with E-state index in [9.17, 15) is 4.79 Å². The zero-order valence-corrected chi connectivity index (χ0v) is 12.5. The Morgan fingerprint density at radius 1 is 1.41 bits per heavy atom. The third-order valence-corrected chi connectivity index (χ3v) is 3.29. The zero-order chi connectivity index (χ0) is 13.0. The van der Waals surface area contributed by atoms with Crippen LogP contribution in [0.5, 0.6) is 0 Å². The summed E-state index contributed by atoms with van der Waals surface area (Å²) >= 11 is 3.46. The number of carbonyl (C=O) groups is 1. The Labute approximate surface area is 112 Å². The first-order valence-corrected chi connectivity index (χ1v) is 6.72. The average molecular weight is 298 g/mol. The van der Waals surface area contributed by atoms with Gasteiger partial charge in [0.15, 0.2) is 5.78 Å². The predicted octanol–water partition coefficient (Wildman–Crippen LogP) is 4.13. The number of halogens is 1. The van der Waals surface area contributed by atoms with Crippen molar-refractivity contribution in [2.75, 3.05) is 18.5 Å². The van der Waals surface area contributed by atoms with Gasteiger partial charge in [0.05, 0.1) is 0 Å². The summed E-state index contributed by atoms with van der Waals surface area (Å²) in [7, 11) is 2.04. The van der Waals surface area contributed by atoms with E-state index in [4.69, 9.17) is 0 Å². The predicted molar refractivity (Wildman–Crippen MR) is 76.9 cm³/mol. The Morgan fingerprint density at radius 2 is 2.06 bits per heavy atom. The molecule has 1 rings (SSSR count). The first-order valence-electron chi connectivity index (χ1n) is 5.93. The van der Waals surface area contributed by atoms with Crippen LogP contribution in [0.25, 0.3) is 0 Å². The van der Waals surface area contributed by atoms with Crippen LogP contribution in [0.1, 0.15) is 37.6 Å². The monoisotopic (exact) mass is 297 g/mol. The summed E-state index contributed by atoms with van der Waals surface area (Å²) < 4.78 is 1.01. The fraction of sp³-hybridized carbons (Fsp3) is 0.500. The standard InChI is InChI=1S/C14H20BrNO/c1-10(2)7-8-16(4)14-9-12(15)5-6-13(14)11(3)17/h5-6,9-10H,7-8H2,1-4H3. The maximum Gasteiger partial charge on any atom is 0.161 e. The molecule has 17 heavy (non-hydrogen) atoms. The van der Waals surface area contributed by atoms with Crippen LogP contribution in [0, 0.1) is 5.92 Å². The fourth-order valence-corrected chi connectivity index (χ4v) is 2.04. The molecule has 0 bridgehead atoms. The number of ketones is 1. The number of carbonyl (C=O) groups excluding carboxylic acids is 1. The van der Waals surface area contributed by atoms with Gasteiger partial charge in [-0.3, -0.25) is 4.79 Å². The van der Waals surface area contributed by atoms with Gasteiger partial charge in [-0.2, -0.15) is 0 Å². The molecule has 0 aliphatic carbocycles. The first kappa shape index (κ1) is 14.2. The second-order valence-corrected chi connectivity index (χ2v) is 5.74. The average Bonchev–Trinajstić information content (AvgIpc) is 2.25. The summed E-state index contributed by atoms with van der Waals surface area (Å²) in [5.74, 6) is 0.786. The van der Waals surface area contributed by atoms with Crippen molar-refractivity contribution in [2.24, 2.45) is 5.92 Å². The number of Topliss-reactive ketones (excluding diaryl/α,β-unsaturated/α-hetero) is 1. The van der Waals surface area contributed by atoms with Crippen LogP contribution in [0.15, 0.2) is 22.7 Å². The molecule has 0 N–H and O–H groups in total. The van der Waals surface area contributed by atoms with Crippen molar-refractivity contribution in [1.82, 2.24) is 0 Å². The number of benzene rings is 1. The Morgan fingerprint density at radius 3 is 2.59 bits per heavy atom. The number of nitrogens with zero attached hydrogens (tertiary/aromatic N) is 1. The molecule has 3 heteroatoms. The highest BCUT2D eigenvalue weighted by Crippen LogP contribution is 2.25. The van der Waals surface area contributed by atoms with Gasteiger partial charge >= 0.3 is 0 Å². The number of anilines is 1. The molecule has 0 heterocycles. The largest absolute Gasteiger partial charge is 0.374 e. The van der Waals surface area contributed by atoms with Gasteiger partial charge in [0.25, 0.3) is 0 Å². The lowest BCUT2D eigenvalue weighted by atomic mass is 10.1. The maximum atomic E-state index is 11.6. The third-order valence-electron chi connectivity index (χ3n) is 2.79. The van der Waals surface area contributed by atoms with Gasteiger partial charge in [0.1, 0.15) is 0 Å². The topological polar surface area (TPSA) is 20.3 Å². The molecular formula is C14H20BrNO. The highest BCUT2D eigenvalue weighted by atomic mass is 79.9. The first-order chi connectivity index (χ1) is 7.91. The van der Waals surface area contributed by atoms with Crippen molar-refractivity contribution in [1.29, 1.82) is 0 Å². The summed E-state index contributed by atoms with van der Waals surface area (Å²) in [5, 5.41) is 0. The van der Waals surface area contributed by atoms with Crippen molar-refractivity contribution >= 4 is 27.4 Å². The van der Waals surface area contributed by atoms with Crippen LogP contribution < -0.4 is 4.90 Å². The van der Waals surface area contributed by atoms with Crippen molar-refractivity contribution in [3.05, 3.63) is 28.2 Å². The zero-order valence-electron chi connectivity index (χ0n) is 11.0. The molecule has 2 nitrogen and oxygen atoms in total. The molecule has 0 fully saturated rings. The normalized spacial score (nSPS) is 10.7. The van der Waals surface area contributed by atoms with Crippen molar-refractivity contribution in [3.63, 3.8) is 0 Å². The van der Waals surface area contributed by atoms with Crippen molar-refractivity contribution in [2.45, 2.75) is 27.2 Å². The molecule has 94 valence electrons. The van der Waals surface area contributed by atoms with Crippen molar-refractivity contribution in [3.8, 4) is 0 Å². The summed E-state index contributed by atoms with van der Waals surface area (Å²) in [5.41, 5.74) is 1.80. The van der Waals surface area contributed by atoms with Gasteiger partial charge in [-0.15, -0.1) is 0 Å². The molecule has 0 aliphatic heterocycles. The van der Waals surface area contributed by atoms with Crippen LogP contribution in [0.2, 0.25) is 0 Å². The smallest absolute Gasteiger partial charge is 0.161 e. The van der Waals surface area contributed by atoms with Gasteiger partial charge in [0, 0.05) is 29.3 Å². The lowest BCUT2D eigenvalue weighted by Gasteiger charge is -2.23. The van der Waals surface area contributed by atoms with E-state index in [0.717, 1.165) is 28.7 Å². The highest BCUT2D eigenvalue weighted by molar-refractivity contribution is 9.10. The van der Waals surface area contributed by atoms with Crippen LogP contribution in [-0.4, -0.2) is 19.4 Å². The molecular weight excluding hydrogens is 278 g/mol. The molecule has 0 amide bonds. The molecule has 1 aromatic rings. The van der Waals surface area contributed by atoms with E-state index >= 15 is 0 Å². The summed E-state index contributed by atoms with van der Waals surface area (Å²) in [4.78, 5) is 13.7. The maximum absolute atomic E-state index is 11.6. The van der Waals surface area contributed by atoms with Gasteiger partial charge in [-0.25, -0.2) is 0 Å². The Hall–Kier alpha value is -0.830. The molecule has 1 aromatic carbocycles. The van der Waals surface area contributed by atoms with Crippen LogP contribution in [-0.2, 0) is 0 Å². The molecule has 0 saturated heterocycles. The number of rotatable bonds is 5. The van der Waals surface area contributed by atoms with Crippen LogP contribution in [0.4, 0.5) is 5.69 Å². The Kier molecular flexibility index (Phi) is 5.19. The summed E-state index contributed by atoms with van der Waals surface area (Å²) in [6.07, 6.45) is 1.13. The molecule has 0 aromatic heterocycles. The minimum Gasteiger partial charge on any atom is -0.374 e.